The minimum Gasteiger partial charge on any atom is -0.481 e. The number of hydrogen-bond acceptors (Lipinski definition) is 2. The molecule has 29 heavy (non-hydrogen) atoms. The fourth-order valence-electron chi connectivity index (χ4n) is 4.32. The number of carboxylic acids is 1. The Hall–Kier alpha value is -3.15. The van der Waals surface area contributed by atoms with E-state index < -0.39 is 11.9 Å². The molecule has 6 heteroatoms. The Labute approximate surface area is 168 Å². The third-order valence-corrected chi connectivity index (χ3v) is 5.93. The van der Waals surface area contributed by atoms with E-state index >= 15 is 0 Å². The average Bonchev–Trinajstić information content (AvgIpc) is 3.27. The van der Waals surface area contributed by atoms with Crippen LogP contribution in [0.25, 0.3) is 22.2 Å². The predicted octanol–water partition coefficient (Wildman–Crippen LogP) is 4.23. The van der Waals surface area contributed by atoms with Crippen LogP contribution in [0.3, 0.4) is 0 Å². The third-order valence-electron chi connectivity index (χ3n) is 5.93. The summed E-state index contributed by atoms with van der Waals surface area (Å²) in [7, 11) is 0. The second kappa shape index (κ2) is 7.70. The van der Waals surface area contributed by atoms with Gasteiger partial charge in [0.2, 0.25) is 5.91 Å². The molecular formula is C23H23FN2O3. The first-order valence-electron chi connectivity index (χ1n) is 9.83. The van der Waals surface area contributed by atoms with E-state index in [0.717, 1.165) is 27.7 Å². The van der Waals surface area contributed by atoms with Gasteiger partial charge in [0, 0.05) is 35.6 Å². The zero-order chi connectivity index (χ0) is 20.5. The van der Waals surface area contributed by atoms with Gasteiger partial charge in [-0.25, -0.2) is 4.39 Å². The number of aryl methyl sites for hydroxylation is 1. The molecule has 2 aromatic carbocycles. The Bertz CT molecular complexity index is 1060. The first-order chi connectivity index (χ1) is 14.0. The molecule has 1 aromatic heterocycles. The first-order valence-corrected chi connectivity index (χ1v) is 9.83. The predicted molar refractivity (Wildman–Crippen MR) is 109 cm³/mol. The van der Waals surface area contributed by atoms with Crippen molar-refractivity contribution in [2.45, 2.75) is 32.2 Å². The molecule has 1 saturated heterocycles. The van der Waals surface area contributed by atoms with Crippen molar-refractivity contribution in [1.29, 1.82) is 0 Å². The number of aliphatic carboxylic acids is 1. The number of fused-ring (bicyclic) bond motifs is 1. The van der Waals surface area contributed by atoms with Gasteiger partial charge < -0.3 is 15.0 Å². The van der Waals surface area contributed by atoms with Crippen LogP contribution in [0, 0.1) is 11.7 Å². The number of halogens is 1. The molecule has 0 aliphatic carbocycles. The van der Waals surface area contributed by atoms with Gasteiger partial charge in [-0.05, 0) is 61.2 Å². The molecule has 3 aromatic rings. The maximum absolute atomic E-state index is 13.4. The lowest BCUT2D eigenvalue weighted by atomic mass is 10.00. The highest BCUT2D eigenvalue weighted by atomic mass is 19.1. The van der Waals surface area contributed by atoms with Crippen molar-refractivity contribution < 1.29 is 19.1 Å². The first kappa shape index (κ1) is 19.2. The number of nitrogens with zero attached hydrogens (tertiary/aromatic N) is 1. The highest BCUT2D eigenvalue weighted by molar-refractivity contribution is 5.91. The van der Waals surface area contributed by atoms with Crippen LogP contribution in [0.4, 0.5) is 4.39 Å². The quantitative estimate of drug-likeness (QED) is 0.680. The Balaban J connectivity index is 1.59. The van der Waals surface area contributed by atoms with Crippen LogP contribution in [0.15, 0.2) is 48.5 Å². The minimum atomic E-state index is -0.844. The lowest BCUT2D eigenvalue weighted by Crippen LogP contribution is -2.37. The molecule has 0 saturated carbocycles. The number of carbonyl (C=O) groups is 2. The number of nitrogens with one attached hydrogen (secondary N) is 1. The normalized spacial score (nSPS) is 19.0. The van der Waals surface area contributed by atoms with Crippen molar-refractivity contribution in [3.63, 3.8) is 0 Å². The highest BCUT2D eigenvalue weighted by Gasteiger charge is 2.37. The number of aromatic nitrogens is 1. The number of rotatable bonds is 5. The largest absolute Gasteiger partial charge is 0.481 e. The summed E-state index contributed by atoms with van der Waals surface area (Å²) >= 11 is 0. The molecule has 1 amide bonds. The van der Waals surface area contributed by atoms with Gasteiger partial charge in [0.15, 0.2) is 0 Å². The molecule has 0 spiro atoms. The van der Waals surface area contributed by atoms with Crippen LogP contribution in [-0.2, 0) is 16.0 Å². The molecule has 1 aliphatic heterocycles. The number of hydrogen-bond donors (Lipinski definition) is 2. The standard InChI is InChI=1S/C23H23FN2O3/c1-14-17(23(28)29)12-13-26(14)21(27)11-10-19-18-4-2-3-5-20(18)25-22(19)15-6-8-16(24)9-7-15/h2-9,14,17,25H,10-13H2,1H3,(H,28,29). The molecule has 4 rings (SSSR count). The molecule has 2 unspecified atom stereocenters. The Morgan fingerprint density at radius 1 is 1.17 bits per heavy atom. The number of H-pyrrole nitrogens is 1. The van der Waals surface area contributed by atoms with Crippen molar-refractivity contribution in [1.82, 2.24) is 9.88 Å². The molecule has 1 fully saturated rings. The van der Waals surface area contributed by atoms with E-state index in [2.05, 4.69) is 4.98 Å². The molecule has 5 nitrogen and oxygen atoms in total. The van der Waals surface area contributed by atoms with E-state index in [-0.39, 0.29) is 17.8 Å². The SMILES string of the molecule is CC1C(C(=O)O)CCN1C(=O)CCc1c(-c2ccc(F)cc2)[nH]c2ccccc12. The smallest absolute Gasteiger partial charge is 0.308 e. The molecular weight excluding hydrogens is 371 g/mol. The topological polar surface area (TPSA) is 73.4 Å². The van der Waals surface area contributed by atoms with Crippen LogP contribution >= 0.6 is 0 Å². The Morgan fingerprint density at radius 3 is 2.59 bits per heavy atom. The van der Waals surface area contributed by atoms with Crippen molar-refractivity contribution in [2.75, 3.05) is 6.54 Å². The summed E-state index contributed by atoms with van der Waals surface area (Å²) in [5, 5.41) is 10.3. The number of amides is 1. The molecule has 2 heterocycles. The third kappa shape index (κ3) is 3.62. The lowest BCUT2D eigenvalue weighted by Gasteiger charge is -2.23. The molecule has 1 aliphatic rings. The average molecular weight is 394 g/mol. The summed E-state index contributed by atoms with van der Waals surface area (Å²) in [5.41, 5.74) is 3.74. The number of carboxylic acid groups (broad SMARTS) is 1. The van der Waals surface area contributed by atoms with Gasteiger partial charge in [0.25, 0.3) is 0 Å². The number of benzene rings is 2. The van der Waals surface area contributed by atoms with Crippen molar-refractivity contribution in [3.05, 3.63) is 59.9 Å². The summed E-state index contributed by atoms with van der Waals surface area (Å²) in [6.45, 7) is 2.29. The summed E-state index contributed by atoms with van der Waals surface area (Å²) in [5.74, 6) is -1.67. The lowest BCUT2D eigenvalue weighted by molar-refractivity contribution is -0.143. The molecule has 0 bridgehead atoms. The summed E-state index contributed by atoms with van der Waals surface area (Å²) in [6.07, 6.45) is 1.32. The summed E-state index contributed by atoms with van der Waals surface area (Å²) in [4.78, 5) is 29.2. The molecule has 2 N–H and O–H groups in total. The monoisotopic (exact) mass is 394 g/mol. The second-order valence-corrected chi connectivity index (χ2v) is 7.59. The zero-order valence-electron chi connectivity index (χ0n) is 16.2. The van der Waals surface area contributed by atoms with E-state index in [1.165, 1.54) is 12.1 Å². The maximum atomic E-state index is 13.4. The van der Waals surface area contributed by atoms with Crippen LogP contribution < -0.4 is 0 Å². The van der Waals surface area contributed by atoms with Gasteiger partial charge in [0.1, 0.15) is 5.82 Å². The second-order valence-electron chi connectivity index (χ2n) is 7.59. The van der Waals surface area contributed by atoms with Gasteiger partial charge in [-0.2, -0.15) is 0 Å². The van der Waals surface area contributed by atoms with Crippen LogP contribution in [0.2, 0.25) is 0 Å². The van der Waals surface area contributed by atoms with Crippen molar-refractivity contribution >= 4 is 22.8 Å². The van der Waals surface area contributed by atoms with E-state index in [0.29, 0.717) is 25.8 Å². The number of para-hydroxylation sites is 1. The van der Waals surface area contributed by atoms with Crippen LogP contribution in [0.5, 0.6) is 0 Å². The van der Waals surface area contributed by atoms with Crippen LogP contribution in [0.1, 0.15) is 25.3 Å². The van der Waals surface area contributed by atoms with Gasteiger partial charge >= 0.3 is 5.97 Å². The maximum Gasteiger partial charge on any atom is 0.308 e. The van der Waals surface area contributed by atoms with Crippen LogP contribution in [-0.4, -0.2) is 39.5 Å². The number of carbonyl (C=O) groups excluding carboxylic acids is 1. The highest BCUT2D eigenvalue weighted by Crippen LogP contribution is 2.32. The van der Waals surface area contributed by atoms with E-state index in [4.69, 9.17) is 0 Å². The summed E-state index contributed by atoms with van der Waals surface area (Å²) < 4.78 is 13.4. The van der Waals surface area contributed by atoms with Gasteiger partial charge in [-0.15, -0.1) is 0 Å². The molecule has 0 radical (unpaired) electrons. The van der Waals surface area contributed by atoms with Crippen molar-refractivity contribution in [3.8, 4) is 11.3 Å². The van der Waals surface area contributed by atoms with Crippen molar-refractivity contribution in [2.24, 2.45) is 5.92 Å². The van der Waals surface area contributed by atoms with E-state index in [1.54, 1.807) is 24.0 Å². The fourth-order valence-corrected chi connectivity index (χ4v) is 4.32. The van der Waals surface area contributed by atoms with Gasteiger partial charge in [-0.1, -0.05) is 18.2 Å². The zero-order valence-corrected chi connectivity index (χ0v) is 16.2. The van der Waals surface area contributed by atoms with Gasteiger partial charge in [0.05, 0.1) is 5.92 Å². The van der Waals surface area contributed by atoms with E-state index in [9.17, 15) is 19.1 Å². The Morgan fingerprint density at radius 2 is 1.90 bits per heavy atom. The minimum absolute atomic E-state index is 0.0309. The fraction of sp³-hybridized carbons (Fsp3) is 0.304. The number of likely N-dealkylation sites (tertiary alicyclic amines) is 1. The molecule has 2 atom stereocenters. The Kier molecular flexibility index (Phi) is 5.09. The number of aromatic amines is 1. The molecule has 150 valence electrons. The van der Waals surface area contributed by atoms with E-state index in [1.807, 2.05) is 24.3 Å². The summed E-state index contributed by atoms with van der Waals surface area (Å²) in [6, 6.07) is 13.9. The van der Waals surface area contributed by atoms with Gasteiger partial charge in [-0.3, -0.25) is 9.59 Å².